The van der Waals surface area contributed by atoms with Gasteiger partial charge in [0.05, 0.1) is 16.9 Å². The molecule has 0 bridgehead atoms. The van der Waals surface area contributed by atoms with Crippen LogP contribution in [0.3, 0.4) is 0 Å². The molecule has 0 aromatic heterocycles. The maximum absolute atomic E-state index is 13.4. The third-order valence-electron chi connectivity index (χ3n) is 7.08. The lowest BCUT2D eigenvalue weighted by Crippen LogP contribution is -2.40. The highest BCUT2D eigenvalue weighted by Crippen LogP contribution is 2.32. The summed E-state index contributed by atoms with van der Waals surface area (Å²) in [6, 6.07) is 6.14. The van der Waals surface area contributed by atoms with E-state index in [1.807, 2.05) is 0 Å². The second kappa shape index (κ2) is 17.0. The number of carbonyl (C=O) groups is 3. The number of hydrogen-bond acceptors (Lipinski definition) is 6. The number of aliphatic imine (C=N–C) groups is 1. The van der Waals surface area contributed by atoms with Crippen LogP contribution in [-0.2, 0) is 37.0 Å². The van der Waals surface area contributed by atoms with Gasteiger partial charge in [0.25, 0.3) is 0 Å². The predicted octanol–water partition coefficient (Wildman–Crippen LogP) is 5.16. The Hall–Kier alpha value is -3.90. The SMILES string of the molecule is CNS(=O)(=O)c1ccc(C)c(NC(=O)[C@@H](CC2CCCCC2)N=C(N)NC(=O)Cc2cc(Cl)cc(C(F)(F)F)c2)c1.O=C(O)C(F)(F)F. The Labute approximate surface area is 277 Å². The third-order valence-corrected chi connectivity index (χ3v) is 8.71. The molecule has 2 aromatic rings. The Balaban J connectivity index is 0.00000103. The number of nitrogens with one attached hydrogen (secondary N) is 3. The number of nitrogens with two attached hydrogens (primary N) is 1. The van der Waals surface area contributed by atoms with Crippen LogP contribution >= 0.6 is 11.6 Å². The van der Waals surface area contributed by atoms with Gasteiger partial charge in [-0.25, -0.2) is 22.9 Å². The highest BCUT2D eigenvalue weighted by molar-refractivity contribution is 7.89. The highest BCUT2D eigenvalue weighted by atomic mass is 35.5. The third kappa shape index (κ3) is 13.0. The van der Waals surface area contributed by atoms with E-state index in [0.717, 1.165) is 44.2 Å². The molecule has 0 radical (unpaired) electrons. The normalized spacial score (nSPS) is 15.1. The van der Waals surface area contributed by atoms with E-state index >= 15 is 0 Å². The van der Waals surface area contributed by atoms with Crippen molar-refractivity contribution in [2.45, 2.75) is 75.2 Å². The van der Waals surface area contributed by atoms with Crippen molar-refractivity contribution >= 4 is 51.1 Å². The van der Waals surface area contributed by atoms with Crippen LogP contribution in [0.25, 0.3) is 0 Å². The number of guanidine groups is 1. The molecule has 19 heteroatoms. The van der Waals surface area contributed by atoms with Gasteiger partial charge in [0.1, 0.15) is 6.04 Å². The van der Waals surface area contributed by atoms with Crippen molar-refractivity contribution in [1.82, 2.24) is 10.0 Å². The van der Waals surface area contributed by atoms with Gasteiger partial charge < -0.3 is 16.2 Å². The molecule has 2 aromatic carbocycles. The number of carboxylic acid groups (broad SMARTS) is 1. The second-order valence-corrected chi connectivity index (χ2v) is 13.1. The summed E-state index contributed by atoms with van der Waals surface area (Å²) in [7, 11) is -2.48. The smallest absolute Gasteiger partial charge is 0.475 e. The van der Waals surface area contributed by atoms with E-state index in [1.54, 1.807) is 13.0 Å². The van der Waals surface area contributed by atoms with Crippen LogP contribution in [0.5, 0.6) is 0 Å². The Morgan fingerprint density at radius 1 is 1.04 bits per heavy atom. The van der Waals surface area contributed by atoms with Crippen molar-refractivity contribution in [3.05, 3.63) is 58.1 Å². The minimum Gasteiger partial charge on any atom is -0.475 e. The molecule has 48 heavy (non-hydrogen) atoms. The lowest BCUT2D eigenvalue weighted by molar-refractivity contribution is -0.192. The molecular formula is C29H34ClF6N5O6S. The highest BCUT2D eigenvalue weighted by Gasteiger charge is 2.38. The number of halogens is 7. The number of carbonyl (C=O) groups excluding carboxylic acids is 2. The number of sulfonamides is 1. The van der Waals surface area contributed by atoms with Crippen LogP contribution in [0, 0.1) is 12.8 Å². The van der Waals surface area contributed by atoms with Crippen molar-refractivity contribution in [3.8, 4) is 0 Å². The van der Waals surface area contributed by atoms with Gasteiger partial charge in [0, 0.05) is 10.7 Å². The molecule has 266 valence electrons. The van der Waals surface area contributed by atoms with Gasteiger partial charge in [-0.3, -0.25) is 14.9 Å². The van der Waals surface area contributed by atoms with E-state index in [-0.39, 0.29) is 33.0 Å². The number of aryl methyl sites for hydroxylation is 1. The lowest BCUT2D eigenvalue weighted by Gasteiger charge is -2.25. The fourth-order valence-electron chi connectivity index (χ4n) is 4.68. The standard InChI is InChI=1S/C27H33ClF3N5O4S.C2HF3O2/c1-16-8-9-21(41(39,40)33-2)15-22(16)34-25(38)23(12-17-6-4-3-5-7-17)35-26(32)36-24(37)13-18-10-19(27(29,30)31)14-20(28)11-18;3-2(4,5)1(6)7/h8-11,14-15,17,23,33H,3-7,12-13H2,1-2H3,(H,34,38)(H3,32,35,36,37);(H,6,7)/t23-;/m1./s1. The summed E-state index contributed by atoms with van der Waals surface area (Å²) in [4.78, 5) is 39.1. The van der Waals surface area contributed by atoms with Crippen LogP contribution in [0.1, 0.15) is 55.2 Å². The first-order chi connectivity index (χ1) is 22.1. The number of alkyl halides is 6. The van der Waals surface area contributed by atoms with Gasteiger partial charge in [-0.15, -0.1) is 0 Å². The van der Waals surface area contributed by atoms with Crippen molar-refractivity contribution in [1.29, 1.82) is 0 Å². The molecule has 1 aliphatic rings. The van der Waals surface area contributed by atoms with Gasteiger partial charge in [0.15, 0.2) is 5.96 Å². The molecule has 2 amide bonds. The van der Waals surface area contributed by atoms with Gasteiger partial charge in [0.2, 0.25) is 21.8 Å². The molecule has 0 unspecified atom stereocenters. The first-order valence-corrected chi connectivity index (χ1v) is 16.1. The average Bonchev–Trinajstić information content (AvgIpc) is 2.97. The Morgan fingerprint density at radius 2 is 1.65 bits per heavy atom. The molecule has 11 nitrogen and oxygen atoms in total. The Morgan fingerprint density at radius 3 is 2.19 bits per heavy atom. The van der Waals surface area contributed by atoms with Crippen LogP contribution in [0.15, 0.2) is 46.3 Å². The minimum atomic E-state index is -5.08. The number of rotatable bonds is 9. The van der Waals surface area contributed by atoms with Crippen LogP contribution in [-0.4, -0.2) is 56.5 Å². The van der Waals surface area contributed by atoms with E-state index in [2.05, 4.69) is 20.3 Å². The quantitative estimate of drug-likeness (QED) is 0.134. The Kier molecular flexibility index (Phi) is 14.2. The maximum Gasteiger partial charge on any atom is 0.490 e. The summed E-state index contributed by atoms with van der Waals surface area (Å²) < 4.78 is 97.8. The zero-order valence-electron chi connectivity index (χ0n) is 25.6. The number of nitrogens with zero attached hydrogens (tertiary/aromatic N) is 1. The molecular weight excluding hydrogens is 696 g/mol. The number of aliphatic carboxylic acids is 1. The number of amides is 2. The summed E-state index contributed by atoms with van der Waals surface area (Å²) in [5.74, 6) is -4.21. The van der Waals surface area contributed by atoms with Crippen molar-refractivity contribution in [3.63, 3.8) is 0 Å². The van der Waals surface area contributed by atoms with E-state index in [1.165, 1.54) is 25.2 Å². The molecule has 6 N–H and O–H groups in total. The molecule has 1 fully saturated rings. The molecule has 3 rings (SSSR count). The molecule has 0 saturated heterocycles. The van der Waals surface area contributed by atoms with Crippen LogP contribution in [0.2, 0.25) is 5.02 Å². The molecule has 1 saturated carbocycles. The van der Waals surface area contributed by atoms with Crippen molar-refractivity contribution in [2.24, 2.45) is 16.6 Å². The molecule has 0 spiro atoms. The predicted molar refractivity (Wildman–Crippen MR) is 165 cm³/mol. The molecule has 1 atom stereocenters. The fourth-order valence-corrected chi connectivity index (χ4v) is 5.70. The molecule has 0 heterocycles. The van der Waals surface area contributed by atoms with Crippen molar-refractivity contribution < 1.29 is 54.3 Å². The van der Waals surface area contributed by atoms with E-state index < -0.39 is 58.2 Å². The Bertz CT molecular complexity index is 1610. The van der Waals surface area contributed by atoms with Gasteiger partial charge in [-0.05, 0) is 67.8 Å². The number of hydrogen-bond donors (Lipinski definition) is 5. The first-order valence-electron chi connectivity index (χ1n) is 14.3. The first kappa shape index (κ1) is 40.3. The fraction of sp³-hybridized carbons (Fsp3) is 0.448. The van der Waals surface area contributed by atoms with Gasteiger partial charge >= 0.3 is 18.3 Å². The lowest BCUT2D eigenvalue weighted by atomic mass is 9.84. The van der Waals surface area contributed by atoms with Gasteiger partial charge in [-0.1, -0.05) is 49.8 Å². The molecule has 1 aliphatic carbocycles. The van der Waals surface area contributed by atoms with Crippen molar-refractivity contribution in [2.75, 3.05) is 12.4 Å². The largest absolute Gasteiger partial charge is 0.490 e. The minimum absolute atomic E-state index is 0.0264. The molecule has 0 aliphatic heterocycles. The van der Waals surface area contributed by atoms with E-state index in [9.17, 15) is 44.3 Å². The van der Waals surface area contributed by atoms with Crippen LogP contribution in [0.4, 0.5) is 32.0 Å². The zero-order chi connectivity index (χ0) is 36.4. The van der Waals surface area contributed by atoms with E-state index in [4.69, 9.17) is 27.2 Å². The zero-order valence-corrected chi connectivity index (χ0v) is 27.2. The number of anilines is 1. The topological polar surface area (TPSA) is 180 Å². The summed E-state index contributed by atoms with van der Waals surface area (Å²) in [5.41, 5.74) is 5.91. The number of benzene rings is 2. The average molecular weight is 730 g/mol. The van der Waals surface area contributed by atoms with E-state index in [0.29, 0.717) is 12.0 Å². The van der Waals surface area contributed by atoms with Crippen LogP contribution < -0.4 is 21.1 Å². The summed E-state index contributed by atoms with van der Waals surface area (Å²) >= 11 is 5.80. The number of carboxylic acids is 1. The maximum atomic E-state index is 13.4. The second-order valence-electron chi connectivity index (χ2n) is 10.8. The monoisotopic (exact) mass is 729 g/mol. The van der Waals surface area contributed by atoms with Gasteiger partial charge in [-0.2, -0.15) is 26.3 Å². The summed E-state index contributed by atoms with van der Waals surface area (Å²) in [5, 5.41) is 12.0. The summed E-state index contributed by atoms with van der Waals surface area (Å²) in [6.45, 7) is 1.71. The summed E-state index contributed by atoms with van der Waals surface area (Å²) in [6.07, 6.45) is -4.90.